The molecule has 0 rings (SSSR count). The van der Waals surface area contributed by atoms with Gasteiger partial charge in [-0.05, 0) is 27.9 Å². The van der Waals surface area contributed by atoms with E-state index in [2.05, 4.69) is 11.2 Å². The summed E-state index contributed by atoms with van der Waals surface area (Å²) >= 11 is 0. The standard InChI is InChI=1S/C9H16N2O/c1-6-7-10-8(12)9(2,3)11(4)5/h1H,7H2,2-5H3,(H,10,12). The first-order valence-electron chi connectivity index (χ1n) is 3.82. The van der Waals surface area contributed by atoms with Gasteiger partial charge in [-0.15, -0.1) is 6.42 Å². The molecule has 0 aliphatic rings. The van der Waals surface area contributed by atoms with Crippen molar-refractivity contribution in [3.05, 3.63) is 0 Å². The highest BCUT2D eigenvalue weighted by molar-refractivity contribution is 5.85. The molecule has 0 atom stereocenters. The lowest BCUT2D eigenvalue weighted by Crippen LogP contribution is -2.51. The Bertz CT molecular complexity index is 201. The monoisotopic (exact) mass is 168 g/mol. The van der Waals surface area contributed by atoms with Crippen LogP contribution in [0.5, 0.6) is 0 Å². The molecule has 0 radical (unpaired) electrons. The smallest absolute Gasteiger partial charge is 0.240 e. The summed E-state index contributed by atoms with van der Waals surface area (Å²) in [6.45, 7) is 3.98. The Morgan fingerprint density at radius 3 is 2.42 bits per heavy atom. The Labute approximate surface area is 74.1 Å². The fourth-order valence-corrected chi connectivity index (χ4v) is 0.551. The van der Waals surface area contributed by atoms with E-state index in [9.17, 15) is 4.79 Å². The topological polar surface area (TPSA) is 32.3 Å². The highest BCUT2D eigenvalue weighted by Crippen LogP contribution is 2.08. The molecule has 0 unspecified atom stereocenters. The van der Waals surface area contributed by atoms with Gasteiger partial charge in [-0.3, -0.25) is 9.69 Å². The van der Waals surface area contributed by atoms with Crippen LogP contribution in [0.25, 0.3) is 0 Å². The van der Waals surface area contributed by atoms with Crippen LogP contribution in [0.1, 0.15) is 13.8 Å². The maximum Gasteiger partial charge on any atom is 0.240 e. The van der Waals surface area contributed by atoms with Gasteiger partial charge in [-0.2, -0.15) is 0 Å². The molecule has 3 heteroatoms. The summed E-state index contributed by atoms with van der Waals surface area (Å²) in [6.07, 6.45) is 5.02. The molecule has 0 bridgehead atoms. The molecule has 0 spiro atoms. The van der Waals surface area contributed by atoms with Gasteiger partial charge in [0.1, 0.15) is 0 Å². The number of likely N-dealkylation sites (N-methyl/N-ethyl adjacent to an activating group) is 1. The lowest BCUT2D eigenvalue weighted by molar-refractivity contribution is -0.129. The molecule has 0 fully saturated rings. The van der Waals surface area contributed by atoms with Gasteiger partial charge in [0.15, 0.2) is 0 Å². The molecule has 3 nitrogen and oxygen atoms in total. The summed E-state index contributed by atoms with van der Waals surface area (Å²) in [5, 5.41) is 2.64. The molecule has 12 heavy (non-hydrogen) atoms. The molecule has 0 saturated heterocycles. The maximum atomic E-state index is 11.4. The maximum absolute atomic E-state index is 11.4. The zero-order valence-corrected chi connectivity index (χ0v) is 8.14. The number of carbonyl (C=O) groups is 1. The average Bonchev–Trinajstić information content (AvgIpc) is 1.99. The fourth-order valence-electron chi connectivity index (χ4n) is 0.551. The van der Waals surface area contributed by atoms with Crippen molar-refractivity contribution in [3.63, 3.8) is 0 Å². The van der Waals surface area contributed by atoms with Gasteiger partial charge in [0.2, 0.25) is 5.91 Å². The fraction of sp³-hybridized carbons (Fsp3) is 0.667. The predicted octanol–water partition coefficient (Wildman–Crippen LogP) is 0.0760. The van der Waals surface area contributed by atoms with Crippen LogP contribution < -0.4 is 5.32 Å². The van der Waals surface area contributed by atoms with Crippen LogP contribution in [-0.4, -0.2) is 37.0 Å². The van der Waals surface area contributed by atoms with Crippen LogP contribution in [0, 0.1) is 12.3 Å². The Kier molecular flexibility index (Phi) is 3.78. The summed E-state index contributed by atoms with van der Waals surface area (Å²) in [7, 11) is 3.71. The van der Waals surface area contributed by atoms with Crippen molar-refractivity contribution >= 4 is 5.91 Å². The lowest BCUT2D eigenvalue weighted by Gasteiger charge is -2.30. The second kappa shape index (κ2) is 4.13. The van der Waals surface area contributed by atoms with Crippen molar-refractivity contribution in [2.24, 2.45) is 0 Å². The Hall–Kier alpha value is -1.01. The highest BCUT2D eigenvalue weighted by Gasteiger charge is 2.29. The lowest BCUT2D eigenvalue weighted by atomic mass is 10.0. The Balaban J connectivity index is 4.18. The van der Waals surface area contributed by atoms with Gasteiger partial charge in [0, 0.05) is 0 Å². The molecule has 0 aromatic heterocycles. The zero-order valence-electron chi connectivity index (χ0n) is 8.14. The summed E-state index contributed by atoms with van der Waals surface area (Å²) < 4.78 is 0. The van der Waals surface area contributed by atoms with Crippen LogP contribution in [0.15, 0.2) is 0 Å². The van der Waals surface area contributed by atoms with Crippen molar-refractivity contribution in [1.29, 1.82) is 0 Å². The third-order valence-electron chi connectivity index (χ3n) is 2.02. The third-order valence-corrected chi connectivity index (χ3v) is 2.02. The molecule has 1 amide bonds. The normalized spacial score (nSPS) is 11.0. The van der Waals surface area contributed by atoms with Crippen molar-refractivity contribution in [1.82, 2.24) is 10.2 Å². The second-order valence-electron chi connectivity index (χ2n) is 3.34. The Morgan fingerprint density at radius 1 is 1.58 bits per heavy atom. The van der Waals surface area contributed by atoms with E-state index in [4.69, 9.17) is 6.42 Å². The summed E-state index contributed by atoms with van der Waals surface area (Å²) in [5.41, 5.74) is -0.503. The van der Waals surface area contributed by atoms with Crippen LogP contribution >= 0.6 is 0 Å². The Morgan fingerprint density at radius 2 is 2.08 bits per heavy atom. The minimum Gasteiger partial charge on any atom is -0.344 e. The third kappa shape index (κ3) is 2.55. The average molecular weight is 168 g/mol. The summed E-state index contributed by atoms with van der Waals surface area (Å²) in [5.74, 6) is 2.31. The van der Waals surface area contributed by atoms with Crippen LogP contribution in [0.2, 0.25) is 0 Å². The number of nitrogens with one attached hydrogen (secondary N) is 1. The van der Waals surface area contributed by atoms with E-state index in [1.54, 1.807) is 0 Å². The minimum atomic E-state index is -0.503. The van der Waals surface area contributed by atoms with E-state index in [1.807, 2.05) is 32.8 Å². The van der Waals surface area contributed by atoms with Gasteiger partial charge in [-0.1, -0.05) is 5.92 Å². The second-order valence-corrected chi connectivity index (χ2v) is 3.34. The number of amides is 1. The minimum absolute atomic E-state index is 0.0505. The van der Waals surface area contributed by atoms with Crippen molar-refractivity contribution in [3.8, 4) is 12.3 Å². The largest absolute Gasteiger partial charge is 0.344 e. The van der Waals surface area contributed by atoms with E-state index < -0.39 is 5.54 Å². The van der Waals surface area contributed by atoms with Crippen LogP contribution in [-0.2, 0) is 4.79 Å². The van der Waals surface area contributed by atoms with Gasteiger partial charge in [-0.25, -0.2) is 0 Å². The van der Waals surface area contributed by atoms with E-state index in [0.717, 1.165) is 0 Å². The summed E-state index contributed by atoms with van der Waals surface area (Å²) in [6, 6.07) is 0. The van der Waals surface area contributed by atoms with Gasteiger partial charge in [0.25, 0.3) is 0 Å². The van der Waals surface area contributed by atoms with E-state index in [1.165, 1.54) is 0 Å². The molecule has 68 valence electrons. The molecule has 0 aromatic carbocycles. The van der Waals surface area contributed by atoms with Crippen LogP contribution in [0.3, 0.4) is 0 Å². The highest BCUT2D eigenvalue weighted by atomic mass is 16.2. The molecule has 0 saturated carbocycles. The van der Waals surface area contributed by atoms with Crippen molar-refractivity contribution in [2.75, 3.05) is 20.6 Å². The SMILES string of the molecule is C#CCNC(=O)C(C)(C)N(C)C. The molecular weight excluding hydrogens is 152 g/mol. The molecular formula is C9H16N2O. The first kappa shape index (κ1) is 11.0. The van der Waals surface area contributed by atoms with E-state index in [0.29, 0.717) is 0 Å². The number of nitrogens with zero attached hydrogens (tertiary/aromatic N) is 1. The first-order valence-corrected chi connectivity index (χ1v) is 3.82. The number of terminal acetylenes is 1. The van der Waals surface area contributed by atoms with Crippen LogP contribution in [0.4, 0.5) is 0 Å². The number of carbonyl (C=O) groups excluding carboxylic acids is 1. The number of rotatable bonds is 3. The number of hydrogen-bond donors (Lipinski definition) is 1. The van der Waals surface area contributed by atoms with E-state index >= 15 is 0 Å². The number of hydrogen-bond acceptors (Lipinski definition) is 2. The first-order chi connectivity index (χ1) is 5.42. The molecule has 0 aliphatic carbocycles. The van der Waals surface area contributed by atoms with E-state index in [-0.39, 0.29) is 12.5 Å². The molecule has 0 heterocycles. The molecule has 0 aliphatic heterocycles. The van der Waals surface area contributed by atoms with Gasteiger partial charge >= 0.3 is 0 Å². The molecule has 1 N–H and O–H groups in total. The van der Waals surface area contributed by atoms with Crippen molar-refractivity contribution in [2.45, 2.75) is 19.4 Å². The van der Waals surface area contributed by atoms with Gasteiger partial charge < -0.3 is 5.32 Å². The van der Waals surface area contributed by atoms with Crippen molar-refractivity contribution < 1.29 is 4.79 Å². The molecule has 0 aromatic rings. The van der Waals surface area contributed by atoms with Gasteiger partial charge in [0.05, 0.1) is 12.1 Å². The summed E-state index contributed by atoms with van der Waals surface area (Å²) in [4.78, 5) is 13.3. The zero-order chi connectivity index (χ0) is 9.78. The predicted molar refractivity (Wildman–Crippen MR) is 49.6 cm³/mol. The quantitative estimate of drug-likeness (QED) is 0.605.